The predicted molar refractivity (Wildman–Crippen MR) is 110 cm³/mol. The molecular weight excluding hydrogens is 388 g/mol. The second kappa shape index (κ2) is 7.22. The van der Waals surface area contributed by atoms with Crippen LogP contribution in [0.25, 0.3) is 5.78 Å². The van der Waals surface area contributed by atoms with Crippen LogP contribution in [-0.2, 0) is 12.8 Å². The van der Waals surface area contributed by atoms with Crippen LogP contribution < -0.4 is 10.9 Å². The van der Waals surface area contributed by atoms with Gasteiger partial charge in [0.05, 0.1) is 4.88 Å². The summed E-state index contributed by atoms with van der Waals surface area (Å²) in [6.07, 6.45) is 4.74. The van der Waals surface area contributed by atoms with E-state index in [1.54, 1.807) is 12.3 Å². The van der Waals surface area contributed by atoms with Gasteiger partial charge >= 0.3 is 5.91 Å². The summed E-state index contributed by atoms with van der Waals surface area (Å²) in [6, 6.07) is 3.73. The van der Waals surface area contributed by atoms with Gasteiger partial charge in [-0.15, -0.1) is 16.4 Å². The van der Waals surface area contributed by atoms with E-state index in [9.17, 15) is 9.59 Å². The SMILES string of the molecule is Cc1ccnc2nc(C(=O)NNC(=O)c3cc4c(s3)CCC(C(C)(C)C)C4)nn12. The van der Waals surface area contributed by atoms with E-state index in [0.717, 1.165) is 25.0 Å². The monoisotopic (exact) mass is 412 g/mol. The molecule has 1 unspecified atom stereocenters. The van der Waals surface area contributed by atoms with Gasteiger partial charge in [0.25, 0.3) is 11.7 Å². The highest BCUT2D eigenvalue weighted by atomic mass is 32.1. The van der Waals surface area contributed by atoms with Crippen molar-refractivity contribution in [1.29, 1.82) is 0 Å². The van der Waals surface area contributed by atoms with E-state index in [1.165, 1.54) is 26.3 Å². The number of carbonyl (C=O) groups excluding carboxylic acids is 2. The molecule has 3 aromatic rings. The van der Waals surface area contributed by atoms with Gasteiger partial charge in [-0.1, -0.05) is 20.8 Å². The number of rotatable bonds is 2. The summed E-state index contributed by atoms with van der Waals surface area (Å²) < 4.78 is 1.48. The summed E-state index contributed by atoms with van der Waals surface area (Å²) in [7, 11) is 0. The maximum Gasteiger partial charge on any atom is 0.309 e. The van der Waals surface area contributed by atoms with Gasteiger partial charge in [0.2, 0.25) is 5.82 Å². The number of aromatic nitrogens is 4. The summed E-state index contributed by atoms with van der Waals surface area (Å²) in [5.41, 5.74) is 7.18. The van der Waals surface area contributed by atoms with Gasteiger partial charge in [-0.3, -0.25) is 20.4 Å². The van der Waals surface area contributed by atoms with Crippen molar-refractivity contribution in [2.24, 2.45) is 11.3 Å². The highest BCUT2D eigenvalue weighted by Crippen LogP contribution is 2.40. The van der Waals surface area contributed by atoms with E-state index in [2.05, 4.69) is 46.7 Å². The molecule has 0 aliphatic heterocycles. The molecule has 0 saturated carbocycles. The molecule has 2 N–H and O–H groups in total. The minimum absolute atomic E-state index is 0.0504. The molecule has 1 atom stereocenters. The molecule has 0 aromatic carbocycles. The van der Waals surface area contributed by atoms with Crippen LogP contribution in [0.15, 0.2) is 18.3 Å². The maximum absolute atomic E-state index is 12.5. The molecule has 2 amide bonds. The minimum atomic E-state index is -0.586. The number of thiophene rings is 1. The van der Waals surface area contributed by atoms with E-state index in [4.69, 9.17) is 0 Å². The highest BCUT2D eigenvalue weighted by Gasteiger charge is 2.30. The Balaban J connectivity index is 1.42. The van der Waals surface area contributed by atoms with Gasteiger partial charge in [-0.25, -0.2) is 9.50 Å². The fraction of sp³-hybridized carbons (Fsp3) is 0.450. The van der Waals surface area contributed by atoms with Crippen molar-refractivity contribution in [2.75, 3.05) is 0 Å². The van der Waals surface area contributed by atoms with E-state index < -0.39 is 5.91 Å². The zero-order chi connectivity index (χ0) is 20.8. The van der Waals surface area contributed by atoms with E-state index >= 15 is 0 Å². The lowest BCUT2D eigenvalue weighted by atomic mass is 9.72. The summed E-state index contributed by atoms with van der Waals surface area (Å²) in [6.45, 7) is 8.64. The second-order valence-corrected chi connectivity index (χ2v) is 9.64. The number of aryl methyl sites for hydroxylation is 2. The molecule has 3 heterocycles. The van der Waals surface area contributed by atoms with Gasteiger partial charge in [-0.2, -0.15) is 4.98 Å². The molecule has 1 aliphatic carbocycles. The van der Waals surface area contributed by atoms with Crippen LogP contribution in [0, 0.1) is 18.3 Å². The Kier molecular flexibility index (Phi) is 4.85. The number of fused-ring (bicyclic) bond motifs is 2. The molecule has 3 aromatic heterocycles. The van der Waals surface area contributed by atoms with E-state index in [1.807, 2.05) is 13.0 Å². The smallest absolute Gasteiger partial charge is 0.266 e. The number of amides is 2. The van der Waals surface area contributed by atoms with Crippen molar-refractivity contribution in [1.82, 2.24) is 30.4 Å². The van der Waals surface area contributed by atoms with Crippen LogP contribution in [0.2, 0.25) is 0 Å². The standard InChI is InChI=1S/C20H24N6O2S/c1-11-7-8-21-19-22-16(25-26(11)19)18(28)24-23-17(27)15-10-12-9-13(20(2,3)4)5-6-14(12)29-15/h7-8,10,13H,5-6,9H2,1-4H3,(H,23,27)(H,24,28). The van der Waals surface area contributed by atoms with E-state index in [0.29, 0.717) is 16.6 Å². The van der Waals surface area contributed by atoms with Gasteiger partial charge < -0.3 is 0 Å². The number of hydrogen-bond donors (Lipinski definition) is 2. The lowest BCUT2D eigenvalue weighted by Crippen LogP contribution is -2.41. The average molecular weight is 413 g/mol. The Bertz CT molecular complexity index is 1090. The minimum Gasteiger partial charge on any atom is -0.266 e. The lowest BCUT2D eigenvalue weighted by molar-refractivity contribution is 0.0843. The lowest BCUT2D eigenvalue weighted by Gasteiger charge is -2.33. The number of carbonyl (C=O) groups is 2. The summed E-state index contributed by atoms with van der Waals surface area (Å²) in [5.74, 6) is -0.0229. The molecule has 4 rings (SSSR count). The third-order valence-electron chi connectivity index (χ3n) is 5.45. The van der Waals surface area contributed by atoms with Crippen molar-refractivity contribution < 1.29 is 9.59 Å². The summed E-state index contributed by atoms with van der Waals surface area (Å²) in [4.78, 5) is 34.9. The summed E-state index contributed by atoms with van der Waals surface area (Å²) in [5, 5.41) is 4.13. The number of hydrogen-bond acceptors (Lipinski definition) is 6. The van der Waals surface area contributed by atoms with Crippen molar-refractivity contribution in [3.05, 3.63) is 45.2 Å². The molecule has 1 aliphatic rings. The molecule has 0 bridgehead atoms. The number of nitrogens with one attached hydrogen (secondary N) is 2. The molecule has 9 heteroatoms. The average Bonchev–Trinajstić information content (AvgIpc) is 3.29. The Morgan fingerprint density at radius 1 is 1.24 bits per heavy atom. The second-order valence-electron chi connectivity index (χ2n) is 8.51. The van der Waals surface area contributed by atoms with E-state index in [-0.39, 0.29) is 17.1 Å². The largest absolute Gasteiger partial charge is 0.309 e. The normalized spacial score (nSPS) is 16.5. The molecule has 29 heavy (non-hydrogen) atoms. The van der Waals surface area contributed by atoms with Crippen LogP contribution in [0.3, 0.4) is 0 Å². The first-order valence-electron chi connectivity index (χ1n) is 9.63. The van der Waals surface area contributed by atoms with Crippen molar-refractivity contribution in [3.8, 4) is 0 Å². The molecule has 0 spiro atoms. The van der Waals surface area contributed by atoms with Gasteiger partial charge in [-0.05, 0) is 55.2 Å². The molecule has 0 saturated heterocycles. The third kappa shape index (κ3) is 3.87. The Hall–Kier alpha value is -2.81. The molecular formula is C20H24N6O2S. The zero-order valence-electron chi connectivity index (χ0n) is 16.9. The fourth-order valence-electron chi connectivity index (χ4n) is 3.61. The first-order chi connectivity index (χ1) is 13.7. The molecule has 0 radical (unpaired) electrons. The van der Waals surface area contributed by atoms with Crippen LogP contribution in [0.5, 0.6) is 0 Å². The van der Waals surface area contributed by atoms with Crippen molar-refractivity contribution >= 4 is 28.9 Å². The van der Waals surface area contributed by atoms with Crippen molar-refractivity contribution in [3.63, 3.8) is 0 Å². The molecule has 0 fully saturated rings. The Morgan fingerprint density at radius 2 is 2.00 bits per heavy atom. The number of nitrogens with zero attached hydrogens (tertiary/aromatic N) is 4. The molecule has 8 nitrogen and oxygen atoms in total. The predicted octanol–water partition coefficient (Wildman–Crippen LogP) is 2.72. The first kappa shape index (κ1) is 19.5. The quantitative estimate of drug-likeness (QED) is 0.630. The van der Waals surface area contributed by atoms with Crippen LogP contribution >= 0.6 is 11.3 Å². The van der Waals surface area contributed by atoms with Crippen LogP contribution in [0.1, 0.15) is 63.6 Å². The topological polar surface area (TPSA) is 101 Å². The number of hydrazine groups is 1. The summed E-state index contributed by atoms with van der Waals surface area (Å²) >= 11 is 1.50. The zero-order valence-corrected chi connectivity index (χ0v) is 17.8. The highest BCUT2D eigenvalue weighted by molar-refractivity contribution is 7.14. The Labute approximate surface area is 172 Å². The third-order valence-corrected chi connectivity index (χ3v) is 6.69. The van der Waals surface area contributed by atoms with Crippen LogP contribution in [0.4, 0.5) is 0 Å². The fourth-order valence-corrected chi connectivity index (χ4v) is 4.71. The maximum atomic E-state index is 12.5. The van der Waals surface area contributed by atoms with Gasteiger partial charge in [0, 0.05) is 16.8 Å². The van der Waals surface area contributed by atoms with Gasteiger partial charge in [0.1, 0.15) is 0 Å². The van der Waals surface area contributed by atoms with Crippen LogP contribution in [-0.4, -0.2) is 31.4 Å². The van der Waals surface area contributed by atoms with Gasteiger partial charge in [0.15, 0.2) is 0 Å². The first-order valence-corrected chi connectivity index (χ1v) is 10.4. The Morgan fingerprint density at radius 3 is 2.72 bits per heavy atom. The van der Waals surface area contributed by atoms with Crippen molar-refractivity contribution in [2.45, 2.75) is 47.0 Å². The molecule has 152 valence electrons.